The minimum absolute atomic E-state index is 0.0357. The summed E-state index contributed by atoms with van der Waals surface area (Å²) in [5.74, 6) is 0.447. The van der Waals surface area contributed by atoms with Crippen molar-refractivity contribution in [3.8, 4) is 0 Å². The Bertz CT molecular complexity index is 463. The first-order chi connectivity index (χ1) is 10.6. The molecule has 1 rings (SSSR count). The van der Waals surface area contributed by atoms with Crippen LogP contribution < -0.4 is 16.0 Å². The quantitative estimate of drug-likeness (QED) is 0.574. The van der Waals surface area contributed by atoms with Gasteiger partial charge in [0.25, 0.3) is 0 Å². The van der Waals surface area contributed by atoms with E-state index in [9.17, 15) is 9.59 Å². The summed E-state index contributed by atoms with van der Waals surface area (Å²) in [6, 6.07) is 7.63. The van der Waals surface area contributed by atoms with E-state index in [0.29, 0.717) is 12.3 Å². The van der Waals surface area contributed by atoms with Crippen LogP contribution in [0, 0.1) is 6.92 Å². The Morgan fingerprint density at radius 1 is 1.00 bits per heavy atom. The predicted molar refractivity (Wildman–Crippen MR) is 93.3 cm³/mol. The number of aryl methyl sites for hydroxylation is 1. The van der Waals surface area contributed by atoms with Crippen LogP contribution in [0.2, 0.25) is 0 Å². The number of rotatable bonds is 10. The highest BCUT2D eigenvalue weighted by atomic mass is 32.2. The van der Waals surface area contributed by atoms with Crippen molar-refractivity contribution in [2.24, 2.45) is 0 Å². The van der Waals surface area contributed by atoms with Gasteiger partial charge in [0, 0.05) is 18.8 Å². The molecule has 22 heavy (non-hydrogen) atoms. The Morgan fingerprint density at radius 2 is 1.68 bits per heavy atom. The second-order valence-electron chi connectivity index (χ2n) is 5.01. The molecular formula is C16H25N3O2S. The molecule has 1 aromatic rings. The number of nitrogens with one attached hydrogen (secondary N) is 3. The molecule has 0 atom stereocenters. The Labute approximate surface area is 136 Å². The number of hydrogen-bond donors (Lipinski definition) is 3. The van der Waals surface area contributed by atoms with Crippen molar-refractivity contribution in [1.82, 2.24) is 10.6 Å². The molecule has 0 aliphatic heterocycles. The van der Waals surface area contributed by atoms with Gasteiger partial charge in [0.1, 0.15) is 0 Å². The number of carbonyl (C=O) groups excluding carboxylic acids is 2. The third kappa shape index (κ3) is 8.69. The normalized spacial score (nSPS) is 10.3. The summed E-state index contributed by atoms with van der Waals surface area (Å²) in [7, 11) is 0. The summed E-state index contributed by atoms with van der Waals surface area (Å²) in [5, 5.41) is 8.84. The Balaban J connectivity index is 2.09. The van der Waals surface area contributed by atoms with E-state index in [1.54, 1.807) is 0 Å². The van der Waals surface area contributed by atoms with Crippen LogP contribution in [0.25, 0.3) is 0 Å². The van der Waals surface area contributed by atoms with Crippen molar-refractivity contribution < 1.29 is 9.59 Å². The molecule has 122 valence electrons. The van der Waals surface area contributed by atoms with E-state index in [1.807, 2.05) is 31.2 Å². The van der Waals surface area contributed by atoms with Gasteiger partial charge in [-0.25, -0.2) is 0 Å². The lowest BCUT2D eigenvalue weighted by Crippen LogP contribution is -2.33. The molecule has 0 saturated heterocycles. The number of benzene rings is 1. The predicted octanol–water partition coefficient (Wildman–Crippen LogP) is 1.78. The average molecular weight is 323 g/mol. The van der Waals surface area contributed by atoms with E-state index in [-0.39, 0.29) is 17.6 Å². The second kappa shape index (κ2) is 11.1. The topological polar surface area (TPSA) is 70.2 Å². The summed E-state index contributed by atoms with van der Waals surface area (Å²) >= 11 is 1.32. The van der Waals surface area contributed by atoms with Gasteiger partial charge in [0.2, 0.25) is 11.8 Å². The lowest BCUT2D eigenvalue weighted by molar-refractivity contribution is -0.118. The first-order valence-corrected chi connectivity index (χ1v) is 8.69. The Hall–Kier alpha value is -1.53. The van der Waals surface area contributed by atoms with Crippen molar-refractivity contribution in [2.45, 2.75) is 20.3 Å². The van der Waals surface area contributed by atoms with E-state index in [0.717, 1.165) is 30.8 Å². The fraction of sp³-hybridized carbons (Fsp3) is 0.500. The zero-order valence-corrected chi connectivity index (χ0v) is 14.1. The highest BCUT2D eigenvalue weighted by Gasteiger charge is 2.05. The largest absolute Gasteiger partial charge is 0.354 e. The third-order valence-corrected chi connectivity index (χ3v) is 3.78. The number of anilines is 1. The maximum absolute atomic E-state index is 11.7. The van der Waals surface area contributed by atoms with E-state index >= 15 is 0 Å². The Morgan fingerprint density at radius 3 is 2.36 bits per heavy atom. The van der Waals surface area contributed by atoms with Gasteiger partial charge < -0.3 is 16.0 Å². The summed E-state index contributed by atoms with van der Waals surface area (Å²) < 4.78 is 0. The molecule has 0 spiro atoms. The summed E-state index contributed by atoms with van der Waals surface area (Å²) in [4.78, 5) is 23.3. The average Bonchev–Trinajstić information content (AvgIpc) is 2.49. The highest BCUT2D eigenvalue weighted by Crippen LogP contribution is 2.09. The molecule has 0 heterocycles. The van der Waals surface area contributed by atoms with E-state index in [4.69, 9.17) is 0 Å². The van der Waals surface area contributed by atoms with Crippen LogP contribution in [0.3, 0.4) is 0 Å². The standard InChI is InChI=1S/C16H25N3O2S/c1-3-8-17-9-10-18-15(20)11-22-12-16(21)19-14-6-4-13(2)5-7-14/h4-7,17H,3,8-12H2,1-2H3,(H,18,20)(H,19,21). The molecule has 0 aromatic heterocycles. The molecule has 0 unspecified atom stereocenters. The molecule has 2 amide bonds. The smallest absolute Gasteiger partial charge is 0.234 e. The van der Waals surface area contributed by atoms with Crippen molar-refractivity contribution in [1.29, 1.82) is 0 Å². The van der Waals surface area contributed by atoms with Crippen molar-refractivity contribution in [3.05, 3.63) is 29.8 Å². The fourth-order valence-electron chi connectivity index (χ4n) is 1.71. The number of thioether (sulfide) groups is 1. The zero-order chi connectivity index (χ0) is 16.2. The van der Waals surface area contributed by atoms with Crippen LogP contribution in [0.4, 0.5) is 5.69 Å². The fourth-order valence-corrected chi connectivity index (χ4v) is 2.36. The van der Waals surface area contributed by atoms with E-state index in [2.05, 4.69) is 22.9 Å². The number of carbonyl (C=O) groups is 2. The van der Waals surface area contributed by atoms with Gasteiger partial charge >= 0.3 is 0 Å². The molecule has 0 fully saturated rings. The molecule has 0 radical (unpaired) electrons. The van der Waals surface area contributed by atoms with Crippen LogP contribution in [-0.2, 0) is 9.59 Å². The molecule has 3 N–H and O–H groups in total. The zero-order valence-electron chi connectivity index (χ0n) is 13.3. The molecule has 0 bridgehead atoms. The molecule has 0 saturated carbocycles. The second-order valence-corrected chi connectivity index (χ2v) is 5.99. The van der Waals surface area contributed by atoms with Gasteiger partial charge in [-0.1, -0.05) is 24.6 Å². The maximum atomic E-state index is 11.7. The number of hydrogen-bond acceptors (Lipinski definition) is 4. The Kier molecular flexibility index (Phi) is 9.34. The SMILES string of the molecule is CCCNCCNC(=O)CSCC(=O)Nc1ccc(C)cc1. The molecule has 0 aliphatic carbocycles. The summed E-state index contributed by atoms with van der Waals surface area (Å²) in [5.41, 5.74) is 1.93. The molecule has 1 aromatic carbocycles. The number of amides is 2. The molecule has 0 aliphatic rings. The van der Waals surface area contributed by atoms with Gasteiger partial charge in [0.15, 0.2) is 0 Å². The molecular weight excluding hydrogens is 298 g/mol. The van der Waals surface area contributed by atoms with Crippen LogP contribution in [0.15, 0.2) is 24.3 Å². The minimum atomic E-state index is -0.0914. The molecule has 5 nitrogen and oxygen atoms in total. The summed E-state index contributed by atoms with van der Waals surface area (Å²) in [6.07, 6.45) is 1.08. The van der Waals surface area contributed by atoms with Crippen LogP contribution >= 0.6 is 11.8 Å². The lowest BCUT2D eigenvalue weighted by Gasteiger charge is -2.07. The minimum Gasteiger partial charge on any atom is -0.354 e. The van der Waals surface area contributed by atoms with Crippen LogP contribution in [-0.4, -0.2) is 43.0 Å². The third-order valence-electron chi connectivity index (χ3n) is 2.85. The van der Waals surface area contributed by atoms with Crippen molar-refractivity contribution >= 4 is 29.3 Å². The monoisotopic (exact) mass is 323 g/mol. The maximum Gasteiger partial charge on any atom is 0.234 e. The summed E-state index contributed by atoms with van der Waals surface area (Å²) in [6.45, 7) is 6.46. The van der Waals surface area contributed by atoms with E-state index in [1.165, 1.54) is 11.8 Å². The van der Waals surface area contributed by atoms with Gasteiger partial charge in [-0.2, -0.15) is 0 Å². The van der Waals surface area contributed by atoms with Crippen LogP contribution in [0.5, 0.6) is 0 Å². The molecule has 6 heteroatoms. The first kappa shape index (κ1) is 18.5. The van der Waals surface area contributed by atoms with Crippen molar-refractivity contribution in [3.63, 3.8) is 0 Å². The van der Waals surface area contributed by atoms with Gasteiger partial charge in [-0.15, -0.1) is 11.8 Å². The van der Waals surface area contributed by atoms with E-state index < -0.39 is 0 Å². The van der Waals surface area contributed by atoms with Crippen LogP contribution in [0.1, 0.15) is 18.9 Å². The first-order valence-electron chi connectivity index (χ1n) is 7.53. The van der Waals surface area contributed by atoms with Crippen molar-refractivity contribution in [2.75, 3.05) is 36.5 Å². The van der Waals surface area contributed by atoms with Gasteiger partial charge in [0.05, 0.1) is 11.5 Å². The highest BCUT2D eigenvalue weighted by molar-refractivity contribution is 8.00. The lowest BCUT2D eigenvalue weighted by atomic mass is 10.2. The van der Waals surface area contributed by atoms with Gasteiger partial charge in [-0.05, 0) is 32.0 Å². The van der Waals surface area contributed by atoms with Gasteiger partial charge in [-0.3, -0.25) is 9.59 Å².